The zero-order valence-corrected chi connectivity index (χ0v) is 26.6. The number of aryl methyl sites for hydroxylation is 1. The van der Waals surface area contributed by atoms with Crippen molar-refractivity contribution in [2.45, 2.75) is 122 Å². The van der Waals surface area contributed by atoms with Gasteiger partial charge in [0, 0.05) is 31.2 Å². The highest BCUT2D eigenvalue weighted by atomic mass is 16.6. The summed E-state index contributed by atoms with van der Waals surface area (Å²) in [5.74, 6) is 1.67. The average Bonchev–Trinajstić information content (AvgIpc) is 3.41. The summed E-state index contributed by atoms with van der Waals surface area (Å²) in [4.78, 5) is 22.6. The first kappa shape index (κ1) is 29.2. The fourth-order valence-corrected chi connectivity index (χ4v) is 8.14. The zero-order chi connectivity index (χ0) is 29.6. The zero-order valence-electron chi connectivity index (χ0n) is 26.6. The van der Waals surface area contributed by atoms with Crippen molar-refractivity contribution in [3.05, 3.63) is 65.5 Å². The van der Waals surface area contributed by atoms with E-state index in [1.165, 1.54) is 42.3 Å². The van der Waals surface area contributed by atoms with Gasteiger partial charge in [0.25, 0.3) is 0 Å². The van der Waals surface area contributed by atoms with E-state index >= 15 is 0 Å². The number of ether oxygens (including phenoxy) is 1. The van der Waals surface area contributed by atoms with Crippen LogP contribution in [0.2, 0.25) is 0 Å². The van der Waals surface area contributed by atoms with Gasteiger partial charge in [-0.15, -0.1) is 0 Å². The molecule has 3 aliphatic heterocycles. The van der Waals surface area contributed by atoms with Gasteiger partial charge in [-0.05, 0) is 114 Å². The molecule has 1 aromatic heterocycles. The normalized spacial score (nSPS) is 24.5. The molecule has 6 nitrogen and oxygen atoms in total. The molecule has 2 bridgehead atoms. The Morgan fingerprint density at radius 1 is 0.976 bits per heavy atom. The number of para-hydroxylation sites is 2. The van der Waals surface area contributed by atoms with Crippen LogP contribution in [-0.2, 0) is 10.2 Å². The summed E-state index contributed by atoms with van der Waals surface area (Å²) < 4.78 is 8.26. The molecule has 3 atom stereocenters. The first-order valence-corrected chi connectivity index (χ1v) is 16.3. The number of likely N-dealkylation sites (tertiary alicyclic amines) is 1. The predicted molar refractivity (Wildman–Crippen MR) is 170 cm³/mol. The predicted octanol–water partition coefficient (Wildman–Crippen LogP) is 8.00. The third kappa shape index (κ3) is 5.71. The molecule has 0 aliphatic carbocycles. The third-order valence-electron chi connectivity index (χ3n) is 10.4. The second-order valence-corrected chi connectivity index (χ2v) is 14.5. The standard InChI is InChI=1S/C36H50N4O2/c1-25(2)27-11-13-28(14-12-27)36(17-20-38(21-18-36)34(41)42-35(4,5)6)19-22-39-29-15-16-30(39)24-31(23-29)40-26(3)37-32-9-7-8-10-33(32)40/h7-14,25,29-31H,15-24H2,1-6H3/t29-,30+,31?. The van der Waals surface area contributed by atoms with Crippen molar-refractivity contribution in [3.8, 4) is 0 Å². The fourth-order valence-electron chi connectivity index (χ4n) is 8.14. The average molecular weight is 571 g/mol. The van der Waals surface area contributed by atoms with E-state index in [4.69, 9.17) is 9.72 Å². The summed E-state index contributed by atoms with van der Waals surface area (Å²) in [6, 6.07) is 19.8. The number of hydrogen-bond acceptors (Lipinski definition) is 4. The molecule has 0 saturated carbocycles. The van der Waals surface area contributed by atoms with E-state index in [9.17, 15) is 4.79 Å². The van der Waals surface area contributed by atoms with Gasteiger partial charge in [0.2, 0.25) is 0 Å². The molecule has 226 valence electrons. The molecule has 2 aromatic carbocycles. The van der Waals surface area contributed by atoms with E-state index in [0.717, 1.165) is 50.2 Å². The number of aromatic nitrogens is 2. The van der Waals surface area contributed by atoms with E-state index in [1.807, 2.05) is 25.7 Å². The maximum atomic E-state index is 12.9. The van der Waals surface area contributed by atoms with Crippen LogP contribution in [0.4, 0.5) is 4.79 Å². The molecule has 3 fully saturated rings. The van der Waals surface area contributed by atoms with Gasteiger partial charge in [-0.25, -0.2) is 9.78 Å². The number of nitrogens with zero attached hydrogens (tertiary/aromatic N) is 4. The minimum Gasteiger partial charge on any atom is -0.444 e. The van der Waals surface area contributed by atoms with Crippen LogP contribution in [0.15, 0.2) is 48.5 Å². The number of carbonyl (C=O) groups excluding carboxylic acids is 1. The highest BCUT2D eigenvalue weighted by Crippen LogP contribution is 2.45. The molecular formula is C36H50N4O2. The number of rotatable bonds is 6. The molecule has 6 rings (SSSR count). The molecule has 3 aliphatic rings. The van der Waals surface area contributed by atoms with Crippen molar-refractivity contribution in [2.24, 2.45) is 0 Å². The van der Waals surface area contributed by atoms with E-state index in [1.54, 1.807) is 0 Å². The summed E-state index contributed by atoms with van der Waals surface area (Å²) >= 11 is 0. The summed E-state index contributed by atoms with van der Waals surface area (Å²) in [6.07, 6.45) is 7.96. The van der Waals surface area contributed by atoms with E-state index in [-0.39, 0.29) is 11.5 Å². The van der Waals surface area contributed by atoms with Crippen LogP contribution in [0.5, 0.6) is 0 Å². The highest BCUT2D eigenvalue weighted by molar-refractivity contribution is 5.76. The molecule has 3 aromatic rings. The van der Waals surface area contributed by atoms with Gasteiger partial charge in [0.05, 0.1) is 11.0 Å². The maximum Gasteiger partial charge on any atom is 0.410 e. The Labute approximate surface area is 252 Å². The summed E-state index contributed by atoms with van der Waals surface area (Å²) in [5.41, 5.74) is 4.86. The number of piperidine rings is 2. The van der Waals surface area contributed by atoms with Gasteiger partial charge in [-0.2, -0.15) is 0 Å². The Balaban J connectivity index is 1.18. The minimum atomic E-state index is -0.467. The number of amides is 1. The summed E-state index contributed by atoms with van der Waals surface area (Å²) in [6.45, 7) is 15.2. The second kappa shape index (κ2) is 11.3. The Morgan fingerprint density at radius 3 is 2.24 bits per heavy atom. The maximum absolute atomic E-state index is 12.9. The van der Waals surface area contributed by atoms with Crippen molar-refractivity contribution in [2.75, 3.05) is 19.6 Å². The van der Waals surface area contributed by atoms with Gasteiger partial charge in [0.15, 0.2) is 0 Å². The SMILES string of the molecule is Cc1nc2ccccc2n1C1C[C@H]2CC[C@@H](C1)N2CCC1(c2ccc(C(C)C)cc2)CCN(C(=O)OC(C)(C)C)CC1. The third-order valence-corrected chi connectivity index (χ3v) is 10.4. The Morgan fingerprint density at radius 2 is 1.62 bits per heavy atom. The van der Waals surface area contributed by atoms with Gasteiger partial charge < -0.3 is 14.2 Å². The highest BCUT2D eigenvalue weighted by Gasteiger charge is 2.44. The molecular weight excluding hydrogens is 520 g/mol. The van der Waals surface area contributed by atoms with Crippen LogP contribution in [0.3, 0.4) is 0 Å². The van der Waals surface area contributed by atoms with Crippen molar-refractivity contribution < 1.29 is 9.53 Å². The van der Waals surface area contributed by atoms with Crippen LogP contribution >= 0.6 is 0 Å². The number of fused-ring (bicyclic) bond motifs is 3. The summed E-state index contributed by atoms with van der Waals surface area (Å²) in [5, 5.41) is 0. The first-order valence-electron chi connectivity index (χ1n) is 16.3. The molecule has 4 heterocycles. The van der Waals surface area contributed by atoms with E-state index in [0.29, 0.717) is 24.0 Å². The fraction of sp³-hybridized carbons (Fsp3) is 0.611. The quantitative estimate of drug-likeness (QED) is 0.301. The largest absolute Gasteiger partial charge is 0.444 e. The lowest BCUT2D eigenvalue weighted by atomic mass is 9.70. The smallest absolute Gasteiger partial charge is 0.410 e. The molecule has 0 N–H and O–H groups in total. The Bertz CT molecular complexity index is 1380. The molecule has 42 heavy (non-hydrogen) atoms. The van der Waals surface area contributed by atoms with Crippen molar-refractivity contribution in [1.82, 2.24) is 19.4 Å². The topological polar surface area (TPSA) is 50.6 Å². The van der Waals surface area contributed by atoms with Gasteiger partial charge >= 0.3 is 6.09 Å². The van der Waals surface area contributed by atoms with Crippen LogP contribution in [0, 0.1) is 6.92 Å². The molecule has 0 radical (unpaired) electrons. The van der Waals surface area contributed by atoms with Crippen LogP contribution in [0.1, 0.15) is 108 Å². The first-order chi connectivity index (χ1) is 20.0. The van der Waals surface area contributed by atoms with Crippen molar-refractivity contribution in [1.29, 1.82) is 0 Å². The molecule has 0 spiro atoms. The molecule has 6 heteroatoms. The van der Waals surface area contributed by atoms with Gasteiger partial charge in [-0.1, -0.05) is 50.2 Å². The van der Waals surface area contributed by atoms with Crippen LogP contribution < -0.4 is 0 Å². The Kier molecular flexibility index (Phi) is 7.88. The number of benzene rings is 2. The lowest BCUT2D eigenvalue weighted by Gasteiger charge is -2.45. The molecule has 1 unspecified atom stereocenters. The van der Waals surface area contributed by atoms with Crippen LogP contribution in [0.25, 0.3) is 11.0 Å². The van der Waals surface area contributed by atoms with Gasteiger partial charge in [-0.3, -0.25) is 4.90 Å². The van der Waals surface area contributed by atoms with Crippen molar-refractivity contribution >= 4 is 17.1 Å². The second-order valence-electron chi connectivity index (χ2n) is 14.5. The van der Waals surface area contributed by atoms with Crippen molar-refractivity contribution in [3.63, 3.8) is 0 Å². The minimum absolute atomic E-state index is 0.0848. The van der Waals surface area contributed by atoms with Gasteiger partial charge in [0.1, 0.15) is 11.4 Å². The van der Waals surface area contributed by atoms with Crippen LogP contribution in [-0.4, -0.2) is 62.8 Å². The number of imidazole rings is 1. The summed E-state index contributed by atoms with van der Waals surface area (Å²) in [7, 11) is 0. The lowest BCUT2D eigenvalue weighted by molar-refractivity contribution is 0.0144. The monoisotopic (exact) mass is 570 g/mol. The van der Waals surface area contributed by atoms with E-state index < -0.39 is 5.60 Å². The Hall–Kier alpha value is -2.86. The molecule has 3 saturated heterocycles. The number of hydrogen-bond donors (Lipinski definition) is 0. The van der Waals surface area contributed by atoms with E-state index in [2.05, 4.69) is 78.8 Å². The number of carbonyl (C=O) groups is 1. The molecule has 1 amide bonds. The lowest BCUT2D eigenvalue weighted by Crippen LogP contribution is -2.49.